The fraction of sp³-hybridized carbons (Fsp3) is 0.647. The molecule has 26 heavy (non-hydrogen) atoms. The number of halogens is 4. The summed E-state index contributed by atoms with van der Waals surface area (Å²) in [5.41, 5.74) is -0.860. The van der Waals surface area contributed by atoms with Crippen LogP contribution in [-0.2, 0) is 11.0 Å². The summed E-state index contributed by atoms with van der Waals surface area (Å²) in [4.78, 5) is 19.8. The van der Waals surface area contributed by atoms with Crippen molar-refractivity contribution in [1.29, 1.82) is 0 Å². The maximum atomic E-state index is 12.7. The maximum Gasteiger partial charge on any atom is 0.417 e. The van der Waals surface area contributed by atoms with Crippen molar-refractivity contribution >= 4 is 23.3 Å². The lowest BCUT2D eigenvalue weighted by Gasteiger charge is -2.35. The van der Waals surface area contributed by atoms with Crippen LogP contribution in [0.3, 0.4) is 0 Å². The summed E-state index contributed by atoms with van der Waals surface area (Å²) in [7, 11) is 0. The van der Waals surface area contributed by atoms with Crippen molar-refractivity contribution in [2.45, 2.75) is 33.0 Å². The highest BCUT2D eigenvalue weighted by Crippen LogP contribution is 2.33. The van der Waals surface area contributed by atoms with Gasteiger partial charge in [0.05, 0.1) is 17.1 Å². The molecule has 1 aliphatic rings. The summed E-state index contributed by atoms with van der Waals surface area (Å²) in [5.74, 6) is 0.686. The second-order valence-electron chi connectivity index (χ2n) is 6.89. The number of aromatic nitrogens is 1. The van der Waals surface area contributed by atoms with Gasteiger partial charge in [0.25, 0.3) is 0 Å². The van der Waals surface area contributed by atoms with Gasteiger partial charge in [-0.15, -0.1) is 0 Å². The predicted molar refractivity (Wildman–Crippen MR) is 95.3 cm³/mol. The molecule has 2 heterocycles. The molecule has 1 fully saturated rings. The fourth-order valence-corrected chi connectivity index (χ4v) is 2.89. The third kappa shape index (κ3) is 5.48. The number of hydrogen-bond acceptors (Lipinski definition) is 4. The molecule has 0 radical (unpaired) electrons. The molecule has 0 bridgehead atoms. The topological polar surface area (TPSA) is 48.5 Å². The molecule has 1 N–H and O–H groups in total. The summed E-state index contributed by atoms with van der Waals surface area (Å²) in [6.07, 6.45) is -3.66. The quantitative estimate of drug-likeness (QED) is 0.836. The molecule has 0 spiro atoms. The van der Waals surface area contributed by atoms with Crippen molar-refractivity contribution in [2.75, 3.05) is 37.6 Å². The molecule has 9 heteroatoms. The highest BCUT2D eigenvalue weighted by atomic mass is 35.5. The Labute approximate surface area is 156 Å². The van der Waals surface area contributed by atoms with Gasteiger partial charge in [0, 0.05) is 38.4 Å². The number of hydrogen-bond donors (Lipinski definition) is 1. The highest BCUT2D eigenvalue weighted by Gasteiger charge is 2.32. The van der Waals surface area contributed by atoms with E-state index in [0.717, 1.165) is 12.3 Å². The minimum absolute atomic E-state index is 0.0169. The number of alkyl halides is 3. The van der Waals surface area contributed by atoms with E-state index >= 15 is 0 Å². The maximum absolute atomic E-state index is 12.7. The van der Waals surface area contributed by atoms with Gasteiger partial charge in [-0.3, -0.25) is 9.69 Å². The van der Waals surface area contributed by atoms with Gasteiger partial charge in [-0.1, -0.05) is 25.4 Å². The lowest BCUT2D eigenvalue weighted by molar-refractivity contribution is -0.137. The van der Waals surface area contributed by atoms with Crippen molar-refractivity contribution in [3.8, 4) is 0 Å². The normalized spacial score (nSPS) is 17.5. The number of anilines is 1. The van der Waals surface area contributed by atoms with Crippen LogP contribution >= 0.6 is 11.6 Å². The number of carbonyl (C=O) groups is 1. The van der Waals surface area contributed by atoms with Crippen molar-refractivity contribution in [2.24, 2.45) is 5.92 Å². The number of amides is 1. The molecule has 0 aliphatic carbocycles. The molecule has 1 unspecified atom stereocenters. The Bertz CT molecular complexity index is 631. The van der Waals surface area contributed by atoms with Gasteiger partial charge in [0.15, 0.2) is 0 Å². The first-order valence-electron chi connectivity index (χ1n) is 8.57. The third-order valence-corrected chi connectivity index (χ3v) is 4.85. The molecular formula is C17H24ClF3N4O. The summed E-state index contributed by atoms with van der Waals surface area (Å²) in [5, 5.41) is 2.95. The zero-order valence-corrected chi connectivity index (χ0v) is 15.9. The standard InChI is InChI=1S/C17H24ClF3N4O/c1-11(2)12(3)23-15(26)10-24-4-6-25(7-5-24)16-14(18)8-13(9-22-16)17(19,20)21/h8-9,11-12H,4-7,10H2,1-3H3,(H,23,26). The number of nitrogens with one attached hydrogen (secondary N) is 1. The van der Waals surface area contributed by atoms with Crippen LogP contribution in [0.15, 0.2) is 12.3 Å². The summed E-state index contributed by atoms with van der Waals surface area (Å²) in [6.45, 7) is 8.69. The molecule has 1 aliphatic heterocycles. The Morgan fingerprint density at radius 2 is 1.88 bits per heavy atom. The third-order valence-electron chi connectivity index (χ3n) is 4.58. The lowest BCUT2D eigenvalue weighted by atomic mass is 10.1. The second-order valence-corrected chi connectivity index (χ2v) is 7.30. The Kier molecular flexibility index (Phi) is 6.74. The Hall–Kier alpha value is -1.54. The first kappa shape index (κ1) is 20.8. The number of carbonyl (C=O) groups excluding carboxylic acids is 1. The minimum Gasteiger partial charge on any atom is -0.353 e. The van der Waals surface area contributed by atoms with Gasteiger partial charge in [-0.25, -0.2) is 4.98 Å². The lowest BCUT2D eigenvalue weighted by Crippen LogP contribution is -2.51. The predicted octanol–water partition coefficient (Wildman–Crippen LogP) is 3.04. The second kappa shape index (κ2) is 8.43. The van der Waals surface area contributed by atoms with Gasteiger partial charge in [-0.2, -0.15) is 13.2 Å². The summed E-state index contributed by atoms with van der Waals surface area (Å²) in [6, 6.07) is 1.01. The largest absolute Gasteiger partial charge is 0.417 e. The number of piperazine rings is 1. The zero-order valence-electron chi connectivity index (χ0n) is 15.1. The summed E-state index contributed by atoms with van der Waals surface area (Å²) < 4.78 is 38.1. The molecule has 1 amide bonds. The van der Waals surface area contributed by atoms with Gasteiger partial charge in [0.1, 0.15) is 5.82 Å². The van der Waals surface area contributed by atoms with E-state index in [2.05, 4.69) is 10.3 Å². The van der Waals surface area contributed by atoms with Crippen LogP contribution < -0.4 is 10.2 Å². The van der Waals surface area contributed by atoms with E-state index in [-0.39, 0.29) is 17.0 Å². The van der Waals surface area contributed by atoms with Crippen molar-refractivity contribution < 1.29 is 18.0 Å². The van der Waals surface area contributed by atoms with E-state index in [1.54, 1.807) is 0 Å². The molecule has 146 valence electrons. The van der Waals surface area contributed by atoms with Gasteiger partial charge in [-0.05, 0) is 18.9 Å². The van der Waals surface area contributed by atoms with E-state index in [1.165, 1.54) is 0 Å². The van der Waals surface area contributed by atoms with Crippen LogP contribution in [0, 0.1) is 5.92 Å². The Morgan fingerprint density at radius 3 is 2.38 bits per heavy atom. The SMILES string of the molecule is CC(C)C(C)NC(=O)CN1CCN(c2ncc(C(F)(F)F)cc2Cl)CC1. The highest BCUT2D eigenvalue weighted by molar-refractivity contribution is 6.33. The molecule has 0 saturated carbocycles. The number of nitrogens with zero attached hydrogens (tertiary/aromatic N) is 3. The van der Waals surface area contributed by atoms with Crippen LogP contribution in [-0.4, -0.2) is 54.6 Å². The van der Waals surface area contributed by atoms with Crippen LogP contribution in [0.5, 0.6) is 0 Å². The average Bonchev–Trinajstić information content (AvgIpc) is 2.54. The van der Waals surface area contributed by atoms with E-state index < -0.39 is 11.7 Å². The minimum atomic E-state index is -4.46. The fourth-order valence-electron chi connectivity index (χ4n) is 2.61. The number of rotatable bonds is 5. The molecular weight excluding hydrogens is 369 g/mol. The van der Waals surface area contributed by atoms with Crippen LogP contribution in [0.2, 0.25) is 5.02 Å². The molecule has 1 aromatic rings. The van der Waals surface area contributed by atoms with Gasteiger partial charge >= 0.3 is 6.18 Å². The van der Waals surface area contributed by atoms with Crippen LogP contribution in [0.25, 0.3) is 0 Å². The molecule has 2 rings (SSSR count). The number of pyridine rings is 1. The Morgan fingerprint density at radius 1 is 1.27 bits per heavy atom. The molecule has 1 saturated heterocycles. The van der Waals surface area contributed by atoms with Gasteiger partial charge in [0.2, 0.25) is 5.91 Å². The molecule has 1 aromatic heterocycles. The van der Waals surface area contributed by atoms with Crippen molar-refractivity contribution in [1.82, 2.24) is 15.2 Å². The van der Waals surface area contributed by atoms with Crippen molar-refractivity contribution in [3.63, 3.8) is 0 Å². The molecule has 5 nitrogen and oxygen atoms in total. The summed E-state index contributed by atoms with van der Waals surface area (Å²) >= 11 is 5.99. The first-order chi connectivity index (χ1) is 12.1. The van der Waals surface area contributed by atoms with Crippen LogP contribution in [0.1, 0.15) is 26.3 Å². The van der Waals surface area contributed by atoms with Gasteiger partial charge < -0.3 is 10.2 Å². The zero-order chi connectivity index (χ0) is 19.5. The smallest absolute Gasteiger partial charge is 0.353 e. The average molecular weight is 393 g/mol. The molecule has 0 aromatic carbocycles. The molecule has 1 atom stereocenters. The van der Waals surface area contributed by atoms with E-state index in [0.29, 0.717) is 44.5 Å². The first-order valence-corrected chi connectivity index (χ1v) is 8.95. The van der Waals surface area contributed by atoms with E-state index in [9.17, 15) is 18.0 Å². The van der Waals surface area contributed by atoms with E-state index in [4.69, 9.17) is 11.6 Å². The Balaban J connectivity index is 1.89. The monoisotopic (exact) mass is 392 g/mol. The van der Waals surface area contributed by atoms with E-state index in [1.807, 2.05) is 30.6 Å². The van der Waals surface area contributed by atoms with Crippen molar-refractivity contribution in [3.05, 3.63) is 22.8 Å². The van der Waals surface area contributed by atoms with Crippen LogP contribution in [0.4, 0.5) is 19.0 Å².